The zero-order chi connectivity index (χ0) is 20.5. The molecule has 2 aromatic rings. The summed E-state index contributed by atoms with van der Waals surface area (Å²) in [4.78, 5) is 29.1. The SMILES string of the molecule is CN(C)c1ccc(N2CC(C(=O)Nc3ccccc3C(C)(C)C)CC2=O)cc1. The average molecular weight is 380 g/mol. The lowest BCUT2D eigenvalue weighted by Crippen LogP contribution is -2.29. The predicted octanol–water partition coefficient (Wildman–Crippen LogP) is 4.04. The Morgan fingerprint density at radius 1 is 1.07 bits per heavy atom. The van der Waals surface area contributed by atoms with Crippen LogP contribution >= 0.6 is 0 Å². The van der Waals surface area contributed by atoms with E-state index in [-0.39, 0.29) is 29.6 Å². The summed E-state index contributed by atoms with van der Waals surface area (Å²) in [6, 6.07) is 15.7. The minimum Gasteiger partial charge on any atom is -0.378 e. The van der Waals surface area contributed by atoms with Crippen LogP contribution in [0.25, 0.3) is 0 Å². The van der Waals surface area contributed by atoms with Crippen molar-refractivity contribution >= 4 is 28.9 Å². The summed E-state index contributed by atoms with van der Waals surface area (Å²) in [5, 5.41) is 3.05. The molecular weight excluding hydrogens is 350 g/mol. The van der Waals surface area contributed by atoms with E-state index >= 15 is 0 Å². The Bertz CT molecular complexity index is 866. The van der Waals surface area contributed by atoms with E-state index in [1.165, 1.54) is 0 Å². The van der Waals surface area contributed by atoms with Gasteiger partial charge in [-0.3, -0.25) is 9.59 Å². The molecule has 0 bridgehead atoms. The van der Waals surface area contributed by atoms with E-state index in [0.29, 0.717) is 6.54 Å². The molecule has 2 aromatic carbocycles. The second-order valence-corrected chi connectivity index (χ2v) is 8.60. The van der Waals surface area contributed by atoms with Gasteiger partial charge in [-0.2, -0.15) is 0 Å². The van der Waals surface area contributed by atoms with Crippen molar-refractivity contribution in [1.29, 1.82) is 0 Å². The van der Waals surface area contributed by atoms with Crippen molar-refractivity contribution in [3.63, 3.8) is 0 Å². The van der Waals surface area contributed by atoms with Gasteiger partial charge in [-0.05, 0) is 41.3 Å². The van der Waals surface area contributed by atoms with Gasteiger partial charge in [0.2, 0.25) is 11.8 Å². The Morgan fingerprint density at radius 3 is 2.32 bits per heavy atom. The quantitative estimate of drug-likeness (QED) is 0.872. The first-order valence-corrected chi connectivity index (χ1v) is 9.65. The maximum Gasteiger partial charge on any atom is 0.229 e. The Morgan fingerprint density at radius 2 is 1.71 bits per heavy atom. The van der Waals surface area contributed by atoms with Crippen LogP contribution in [0.5, 0.6) is 0 Å². The lowest BCUT2D eigenvalue weighted by Gasteiger charge is -2.23. The average Bonchev–Trinajstić information content (AvgIpc) is 3.03. The van der Waals surface area contributed by atoms with Gasteiger partial charge in [-0.25, -0.2) is 0 Å². The van der Waals surface area contributed by atoms with Crippen LogP contribution < -0.4 is 15.1 Å². The van der Waals surface area contributed by atoms with E-state index in [0.717, 1.165) is 22.6 Å². The molecule has 2 amide bonds. The van der Waals surface area contributed by atoms with E-state index in [1.807, 2.05) is 67.5 Å². The number of para-hydroxylation sites is 1. The highest BCUT2D eigenvalue weighted by Gasteiger charge is 2.35. The summed E-state index contributed by atoms with van der Waals surface area (Å²) in [5.74, 6) is -0.464. The standard InChI is InChI=1S/C23H29N3O2/c1-23(2,3)19-8-6-7-9-20(19)24-22(28)16-14-21(27)26(15-16)18-12-10-17(11-13-18)25(4)5/h6-13,16H,14-15H2,1-5H3,(H,24,28). The molecule has 1 heterocycles. The number of anilines is 3. The number of nitrogens with zero attached hydrogens (tertiary/aromatic N) is 2. The molecule has 1 aliphatic heterocycles. The van der Waals surface area contributed by atoms with Gasteiger partial charge < -0.3 is 15.1 Å². The molecule has 0 radical (unpaired) electrons. The third kappa shape index (κ3) is 4.19. The van der Waals surface area contributed by atoms with Crippen LogP contribution in [0.2, 0.25) is 0 Å². The first-order valence-electron chi connectivity index (χ1n) is 9.65. The van der Waals surface area contributed by atoms with E-state index in [9.17, 15) is 9.59 Å². The predicted molar refractivity (Wildman–Crippen MR) is 115 cm³/mol. The third-order valence-electron chi connectivity index (χ3n) is 5.17. The van der Waals surface area contributed by atoms with Gasteiger partial charge in [0.25, 0.3) is 0 Å². The van der Waals surface area contributed by atoms with Gasteiger partial charge in [-0.1, -0.05) is 39.0 Å². The Labute approximate surface area is 167 Å². The van der Waals surface area contributed by atoms with Crippen molar-refractivity contribution in [1.82, 2.24) is 0 Å². The van der Waals surface area contributed by atoms with Crippen molar-refractivity contribution in [2.75, 3.05) is 35.8 Å². The molecule has 1 atom stereocenters. The number of carbonyl (C=O) groups excluding carboxylic acids is 2. The van der Waals surface area contributed by atoms with Crippen LogP contribution in [0.1, 0.15) is 32.8 Å². The number of hydrogen-bond donors (Lipinski definition) is 1. The van der Waals surface area contributed by atoms with Crippen molar-refractivity contribution in [3.8, 4) is 0 Å². The number of nitrogens with one attached hydrogen (secondary N) is 1. The van der Waals surface area contributed by atoms with Gasteiger partial charge in [0.05, 0.1) is 5.92 Å². The molecule has 1 aliphatic rings. The molecule has 1 fully saturated rings. The topological polar surface area (TPSA) is 52.6 Å². The fourth-order valence-corrected chi connectivity index (χ4v) is 3.54. The second kappa shape index (κ2) is 7.66. The maximum absolute atomic E-state index is 12.9. The fourth-order valence-electron chi connectivity index (χ4n) is 3.54. The van der Waals surface area contributed by atoms with Gasteiger partial charge in [0.15, 0.2) is 0 Å². The highest BCUT2D eigenvalue weighted by atomic mass is 16.2. The summed E-state index contributed by atoms with van der Waals surface area (Å²) >= 11 is 0. The van der Waals surface area contributed by atoms with Gasteiger partial charge in [0.1, 0.15) is 0 Å². The molecule has 3 rings (SSSR count). The smallest absolute Gasteiger partial charge is 0.229 e. The van der Waals surface area contributed by atoms with Crippen molar-refractivity contribution in [3.05, 3.63) is 54.1 Å². The Hall–Kier alpha value is -2.82. The lowest BCUT2D eigenvalue weighted by atomic mass is 9.85. The number of rotatable bonds is 4. The van der Waals surface area contributed by atoms with E-state index in [4.69, 9.17) is 0 Å². The zero-order valence-electron chi connectivity index (χ0n) is 17.3. The highest BCUT2D eigenvalue weighted by Crippen LogP contribution is 2.31. The molecule has 1 saturated heterocycles. The van der Waals surface area contributed by atoms with Crippen LogP contribution in [0.3, 0.4) is 0 Å². The molecule has 0 spiro atoms. The Balaban J connectivity index is 1.73. The zero-order valence-corrected chi connectivity index (χ0v) is 17.3. The molecule has 5 nitrogen and oxygen atoms in total. The fraction of sp³-hybridized carbons (Fsp3) is 0.391. The van der Waals surface area contributed by atoms with Crippen molar-refractivity contribution in [2.24, 2.45) is 5.92 Å². The molecule has 0 aliphatic carbocycles. The lowest BCUT2D eigenvalue weighted by molar-refractivity contribution is -0.122. The monoisotopic (exact) mass is 379 g/mol. The summed E-state index contributed by atoms with van der Waals surface area (Å²) < 4.78 is 0. The molecule has 1 unspecified atom stereocenters. The van der Waals surface area contributed by atoms with Crippen LogP contribution in [0.15, 0.2) is 48.5 Å². The summed E-state index contributed by atoms with van der Waals surface area (Å²) in [5.41, 5.74) is 3.74. The Kier molecular flexibility index (Phi) is 5.45. The first kappa shape index (κ1) is 19.9. The summed E-state index contributed by atoms with van der Waals surface area (Å²) in [7, 11) is 3.96. The minimum atomic E-state index is -0.353. The summed E-state index contributed by atoms with van der Waals surface area (Å²) in [6.45, 7) is 6.77. The number of amides is 2. The van der Waals surface area contributed by atoms with E-state index in [2.05, 4.69) is 26.1 Å². The molecular formula is C23H29N3O2. The maximum atomic E-state index is 12.9. The van der Waals surface area contributed by atoms with Crippen LogP contribution in [0, 0.1) is 5.92 Å². The number of benzene rings is 2. The third-order valence-corrected chi connectivity index (χ3v) is 5.17. The second-order valence-electron chi connectivity index (χ2n) is 8.60. The molecule has 148 valence electrons. The normalized spacial score (nSPS) is 17.0. The summed E-state index contributed by atoms with van der Waals surface area (Å²) in [6.07, 6.45) is 0.235. The highest BCUT2D eigenvalue weighted by molar-refractivity contribution is 6.03. The number of hydrogen-bond acceptors (Lipinski definition) is 3. The van der Waals surface area contributed by atoms with Crippen LogP contribution in [-0.4, -0.2) is 32.5 Å². The molecule has 0 aromatic heterocycles. The molecule has 1 N–H and O–H groups in total. The van der Waals surface area contributed by atoms with Gasteiger partial charge >= 0.3 is 0 Å². The van der Waals surface area contributed by atoms with Gasteiger partial charge in [0, 0.05) is 44.1 Å². The van der Waals surface area contributed by atoms with Gasteiger partial charge in [-0.15, -0.1) is 0 Å². The van der Waals surface area contributed by atoms with Crippen molar-refractivity contribution < 1.29 is 9.59 Å². The minimum absolute atomic E-state index is 0.0122. The van der Waals surface area contributed by atoms with Crippen LogP contribution in [0.4, 0.5) is 17.1 Å². The van der Waals surface area contributed by atoms with Crippen molar-refractivity contribution in [2.45, 2.75) is 32.6 Å². The number of carbonyl (C=O) groups is 2. The van der Waals surface area contributed by atoms with E-state index in [1.54, 1.807) is 4.90 Å². The van der Waals surface area contributed by atoms with Crippen LogP contribution in [-0.2, 0) is 15.0 Å². The largest absolute Gasteiger partial charge is 0.378 e. The molecule has 5 heteroatoms. The molecule has 28 heavy (non-hydrogen) atoms. The van der Waals surface area contributed by atoms with E-state index < -0.39 is 0 Å². The molecule has 0 saturated carbocycles. The first-order chi connectivity index (χ1) is 13.2.